The van der Waals surface area contributed by atoms with E-state index in [1.807, 2.05) is 19.3 Å². The predicted molar refractivity (Wildman–Crippen MR) is 105 cm³/mol. The topological polar surface area (TPSA) is 132 Å². The quantitative estimate of drug-likeness (QED) is 0.599. The molecule has 2 amide bonds. The molecule has 3 aromatic heterocycles. The number of methoxy groups -OCH3 is 1. The van der Waals surface area contributed by atoms with Gasteiger partial charge in [-0.2, -0.15) is 10.2 Å². The van der Waals surface area contributed by atoms with Gasteiger partial charge in [-0.05, 0) is 18.9 Å². The number of fused-ring (bicyclic) bond motifs is 1. The van der Waals surface area contributed by atoms with E-state index in [1.165, 1.54) is 7.11 Å². The van der Waals surface area contributed by atoms with Gasteiger partial charge < -0.3 is 19.9 Å². The molecule has 0 atom stereocenters. The molecule has 0 unspecified atom stereocenters. The van der Waals surface area contributed by atoms with Crippen LogP contribution in [-0.4, -0.2) is 51.6 Å². The van der Waals surface area contributed by atoms with Crippen LogP contribution in [0.3, 0.4) is 0 Å². The van der Waals surface area contributed by atoms with Crippen molar-refractivity contribution in [3.05, 3.63) is 24.0 Å². The fourth-order valence-corrected chi connectivity index (χ4v) is 3.86. The maximum atomic E-state index is 12.1. The van der Waals surface area contributed by atoms with Gasteiger partial charge >= 0.3 is 12.0 Å². The minimum absolute atomic E-state index is 0.0522. The SMILES string of the molecule is COc1nsc(NC(=O)N[C@H]2C[C@@H](N(C)c3c(C#N)cnc4[nH]ccc34)C2)n1. The molecular weight excluding hydrogens is 380 g/mol. The highest BCUT2D eigenvalue weighted by molar-refractivity contribution is 7.10. The molecule has 10 nitrogen and oxygen atoms in total. The first-order valence-corrected chi connectivity index (χ1v) is 9.40. The Bertz CT molecular complexity index is 1050. The van der Waals surface area contributed by atoms with Gasteiger partial charge in [0.25, 0.3) is 0 Å². The van der Waals surface area contributed by atoms with Crippen LogP contribution >= 0.6 is 11.5 Å². The van der Waals surface area contributed by atoms with Crippen molar-refractivity contribution in [2.24, 2.45) is 0 Å². The summed E-state index contributed by atoms with van der Waals surface area (Å²) in [5.74, 6) is 0. The molecular formula is C17H18N8O2S. The zero-order valence-electron chi connectivity index (χ0n) is 15.3. The molecule has 3 N–H and O–H groups in total. The van der Waals surface area contributed by atoms with Gasteiger partial charge in [-0.25, -0.2) is 9.78 Å². The number of anilines is 2. The van der Waals surface area contributed by atoms with E-state index in [0.29, 0.717) is 10.7 Å². The lowest BCUT2D eigenvalue weighted by molar-refractivity contribution is 0.233. The number of aromatic nitrogens is 4. The van der Waals surface area contributed by atoms with Crippen LogP contribution < -0.4 is 20.3 Å². The van der Waals surface area contributed by atoms with Crippen LogP contribution in [0.1, 0.15) is 18.4 Å². The molecule has 3 aromatic rings. The van der Waals surface area contributed by atoms with Gasteiger partial charge in [0.15, 0.2) is 0 Å². The molecule has 11 heteroatoms. The van der Waals surface area contributed by atoms with Crippen molar-refractivity contribution in [2.75, 3.05) is 24.4 Å². The number of nitrogens with one attached hydrogen (secondary N) is 3. The van der Waals surface area contributed by atoms with E-state index < -0.39 is 0 Å². The molecule has 144 valence electrons. The highest BCUT2D eigenvalue weighted by atomic mass is 32.1. The first-order chi connectivity index (χ1) is 13.6. The summed E-state index contributed by atoms with van der Waals surface area (Å²) in [6, 6.07) is 4.33. The largest absolute Gasteiger partial charge is 0.466 e. The Morgan fingerprint density at radius 2 is 2.32 bits per heavy atom. The second-order valence-electron chi connectivity index (χ2n) is 6.49. The number of pyridine rings is 1. The van der Waals surface area contributed by atoms with Gasteiger partial charge in [-0.1, -0.05) is 0 Å². The van der Waals surface area contributed by atoms with Crippen LogP contribution in [-0.2, 0) is 0 Å². The summed E-state index contributed by atoms with van der Waals surface area (Å²) in [5.41, 5.74) is 2.15. The molecule has 0 radical (unpaired) electrons. The highest BCUT2D eigenvalue weighted by Gasteiger charge is 2.34. The van der Waals surface area contributed by atoms with Crippen molar-refractivity contribution < 1.29 is 9.53 Å². The lowest BCUT2D eigenvalue weighted by Gasteiger charge is -2.42. The maximum Gasteiger partial charge on any atom is 0.329 e. The Kier molecular flexibility index (Phi) is 4.70. The lowest BCUT2D eigenvalue weighted by atomic mass is 9.85. The molecule has 1 saturated carbocycles. The van der Waals surface area contributed by atoms with Crippen LogP contribution in [0.2, 0.25) is 0 Å². The normalized spacial score (nSPS) is 18.2. The monoisotopic (exact) mass is 398 g/mol. The number of urea groups is 1. The number of nitrogens with zero attached hydrogens (tertiary/aromatic N) is 5. The molecule has 1 aliphatic rings. The van der Waals surface area contributed by atoms with Gasteiger partial charge in [0.2, 0.25) is 5.13 Å². The number of hydrogen-bond donors (Lipinski definition) is 3. The molecule has 0 spiro atoms. The summed E-state index contributed by atoms with van der Waals surface area (Å²) < 4.78 is 8.83. The van der Waals surface area contributed by atoms with Gasteiger partial charge in [0, 0.05) is 48.4 Å². The minimum Gasteiger partial charge on any atom is -0.466 e. The number of aromatic amines is 1. The maximum absolute atomic E-state index is 12.1. The average molecular weight is 398 g/mol. The summed E-state index contributed by atoms with van der Waals surface area (Å²) in [5, 5.41) is 16.3. The van der Waals surface area contributed by atoms with Crippen molar-refractivity contribution in [3.8, 4) is 12.1 Å². The summed E-state index contributed by atoms with van der Waals surface area (Å²) in [6.45, 7) is 0. The first-order valence-electron chi connectivity index (χ1n) is 8.63. The van der Waals surface area contributed by atoms with Gasteiger partial charge in [-0.15, -0.1) is 4.37 Å². The van der Waals surface area contributed by atoms with Gasteiger partial charge in [-0.3, -0.25) is 5.32 Å². The van der Waals surface area contributed by atoms with Gasteiger partial charge in [0.05, 0.1) is 18.4 Å². The second kappa shape index (κ2) is 7.32. The fraction of sp³-hybridized carbons (Fsp3) is 0.353. The summed E-state index contributed by atoms with van der Waals surface area (Å²) >= 11 is 1.06. The first kappa shape index (κ1) is 18.0. The Morgan fingerprint density at radius 1 is 1.50 bits per heavy atom. The molecule has 0 aromatic carbocycles. The van der Waals surface area contributed by atoms with Crippen molar-refractivity contribution >= 4 is 39.4 Å². The van der Waals surface area contributed by atoms with Crippen LogP contribution in [0.15, 0.2) is 18.5 Å². The molecule has 0 saturated heterocycles. The Hall–Kier alpha value is -3.39. The number of carbonyl (C=O) groups is 1. The number of carbonyl (C=O) groups excluding carboxylic acids is 1. The smallest absolute Gasteiger partial charge is 0.329 e. The summed E-state index contributed by atoms with van der Waals surface area (Å²) in [4.78, 5) is 25.6. The molecule has 0 aliphatic heterocycles. The van der Waals surface area contributed by atoms with Crippen LogP contribution in [0, 0.1) is 11.3 Å². The third-order valence-electron chi connectivity index (χ3n) is 4.84. The highest BCUT2D eigenvalue weighted by Crippen LogP contribution is 2.34. The molecule has 0 bridgehead atoms. The molecule has 1 aliphatic carbocycles. The zero-order chi connectivity index (χ0) is 19.7. The van der Waals surface area contributed by atoms with E-state index in [-0.39, 0.29) is 24.1 Å². The fourth-order valence-electron chi connectivity index (χ4n) is 3.32. The van der Waals surface area contributed by atoms with Crippen molar-refractivity contribution in [2.45, 2.75) is 24.9 Å². The zero-order valence-corrected chi connectivity index (χ0v) is 16.1. The van der Waals surface area contributed by atoms with E-state index >= 15 is 0 Å². The van der Waals surface area contributed by atoms with Crippen LogP contribution in [0.25, 0.3) is 11.0 Å². The molecule has 3 heterocycles. The summed E-state index contributed by atoms with van der Waals surface area (Å²) in [6.07, 6.45) is 4.96. The van der Waals surface area contributed by atoms with E-state index in [1.54, 1.807) is 6.20 Å². The molecule has 4 rings (SSSR count). The number of hydrogen-bond acceptors (Lipinski definition) is 8. The number of amides is 2. The van der Waals surface area contributed by atoms with Crippen LogP contribution in [0.4, 0.5) is 15.6 Å². The Labute approximate surface area is 164 Å². The average Bonchev–Trinajstić information content (AvgIpc) is 3.31. The summed E-state index contributed by atoms with van der Waals surface area (Å²) in [7, 11) is 3.44. The predicted octanol–water partition coefficient (Wildman–Crippen LogP) is 2.08. The van der Waals surface area contributed by atoms with E-state index in [2.05, 4.69) is 40.9 Å². The Morgan fingerprint density at radius 3 is 3.04 bits per heavy atom. The van der Waals surface area contributed by atoms with Crippen LogP contribution in [0.5, 0.6) is 6.01 Å². The van der Waals surface area contributed by atoms with E-state index in [9.17, 15) is 10.1 Å². The molecule has 28 heavy (non-hydrogen) atoms. The van der Waals surface area contributed by atoms with E-state index in [0.717, 1.165) is 41.1 Å². The van der Waals surface area contributed by atoms with Gasteiger partial charge in [0.1, 0.15) is 11.7 Å². The van der Waals surface area contributed by atoms with Crippen molar-refractivity contribution in [1.29, 1.82) is 5.26 Å². The second-order valence-corrected chi connectivity index (χ2v) is 7.24. The molecule has 1 fully saturated rings. The van der Waals surface area contributed by atoms with Crippen molar-refractivity contribution in [1.82, 2.24) is 24.6 Å². The number of nitriles is 1. The number of H-pyrrole nitrogens is 1. The Balaban J connectivity index is 1.37. The minimum atomic E-state index is -0.320. The lowest BCUT2D eigenvalue weighted by Crippen LogP contribution is -2.54. The standard InChI is InChI=1S/C17H18N8O2S/c1-25(13-9(7-18)8-20-14-12(13)3-4-19-14)11-5-10(6-11)21-15(26)22-17-23-16(27-2)24-28-17/h3-4,8,10-11H,5-6H2,1-2H3,(H,19,20)(H2,21,22,23,24,26)/t10-,11+. The van der Waals surface area contributed by atoms with E-state index in [4.69, 9.17) is 4.74 Å². The van der Waals surface area contributed by atoms with Crippen molar-refractivity contribution in [3.63, 3.8) is 0 Å². The third-order valence-corrected chi connectivity index (χ3v) is 5.45. The number of ether oxygens (including phenoxy) is 1. The third kappa shape index (κ3) is 3.29. The number of rotatable bonds is 5.